The third-order valence-corrected chi connectivity index (χ3v) is 2.80. The van der Waals surface area contributed by atoms with Gasteiger partial charge >= 0.3 is 0 Å². The van der Waals surface area contributed by atoms with E-state index in [2.05, 4.69) is 0 Å². The molecule has 0 aromatic heterocycles. The molecule has 2 atom stereocenters. The number of nitrogens with two attached hydrogens (primary N) is 1. The second-order valence-electron chi connectivity index (χ2n) is 4.03. The Hall–Kier alpha value is -0.710. The molecule has 1 aliphatic carbocycles. The fraction of sp³-hybridized carbons (Fsp3) is 0.455. The lowest BCUT2D eigenvalue weighted by molar-refractivity contribution is 0.122. The van der Waals surface area contributed by atoms with Gasteiger partial charge < -0.3 is 10.8 Å². The van der Waals surface area contributed by atoms with E-state index in [0.717, 1.165) is 25.0 Å². The molecule has 0 heterocycles. The lowest BCUT2D eigenvalue weighted by atomic mass is 9.99. The van der Waals surface area contributed by atoms with Crippen molar-refractivity contribution >= 4 is 12.4 Å². The third-order valence-electron chi connectivity index (χ3n) is 2.80. The molecule has 90 valence electrons. The predicted octanol–water partition coefficient (Wildman–Crippen LogP) is 2.16. The van der Waals surface area contributed by atoms with Crippen LogP contribution in [0.4, 0.5) is 8.78 Å². The fourth-order valence-corrected chi connectivity index (χ4v) is 1.65. The van der Waals surface area contributed by atoms with Crippen LogP contribution in [0.1, 0.15) is 24.4 Å². The molecule has 0 aliphatic heterocycles. The summed E-state index contributed by atoms with van der Waals surface area (Å²) in [6, 6.07) is 2.86. The van der Waals surface area contributed by atoms with Gasteiger partial charge in [0.05, 0.1) is 12.1 Å². The highest BCUT2D eigenvalue weighted by Crippen LogP contribution is 2.37. The molecule has 2 nitrogen and oxygen atoms in total. The molecule has 1 aliphatic rings. The molecule has 1 aromatic carbocycles. The van der Waals surface area contributed by atoms with Gasteiger partial charge in [0.2, 0.25) is 0 Å². The minimum Gasteiger partial charge on any atom is -0.391 e. The standard InChI is InChI=1S/C11H13F2NO.ClH/c12-8-4-3-7(5-9(8)13)10(14)11(15)6-1-2-6;/h3-6,10-11,15H,1-2,14H2;1H/t10-,11+;/m0./s1. The van der Waals surface area contributed by atoms with Crippen LogP contribution in [0.25, 0.3) is 0 Å². The van der Waals surface area contributed by atoms with Crippen molar-refractivity contribution < 1.29 is 13.9 Å². The lowest BCUT2D eigenvalue weighted by Gasteiger charge is -2.18. The second kappa shape index (κ2) is 5.08. The smallest absolute Gasteiger partial charge is 0.159 e. The molecular weight excluding hydrogens is 236 g/mol. The first kappa shape index (κ1) is 13.4. The molecule has 1 saturated carbocycles. The van der Waals surface area contributed by atoms with Crippen molar-refractivity contribution in [2.24, 2.45) is 11.7 Å². The lowest BCUT2D eigenvalue weighted by Crippen LogP contribution is -2.28. The maximum atomic E-state index is 12.9. The van der Waals surface area contributed by atoms with E-state index in [4.69, 9.17) is 5.73 Å². The molecule has 0 radical (unpaired) electrons. The zero-order chi connectivity index (χ0) is 11.0. The summed E-state index contributed by atoms with van der Waals surface area (Å²) in [5.74, 6) is -1.61. The van der Waals surface area contributed by atoms with E-state index >= 15 is 0 Å². The molecule has 0 bridgehead atoms. The van der Waals surface area contributed by atoms with Crippen LogP contribution in [-0.2, 0) is 0 Å². The van der Waals surface area contributed by atoms with Gasteiger partial charge in [0.15, 0.2) is 11.6 Å². The molecule has 0 saturated heterocycles. The monoisotopic (exact) mass is 249 g/mol. The SMILES string of the molecule is Cl.N[C@@H](c1ccc(F)c(F)c1)[C@H](O)C1CC1. The maximum Gasteiger partial charge on any atom is 0.159 e. The number of aliphatic hydroxyl groups is 1. The van der Waals surface area contributed by atoms with Gasteiger partial charge in [-0.2, -0.15) is 0 Å². The number of hydrogen-bond acceptors (Lipinski definition) is 2. The van der Waals surface area contributed by atoms with E-state index in [0.29, 0.717) is 5.56 Å². The molecule has 0 amide bonds. The number of rotatable bonds is 3. The van der Waals surface area contributed by atoms with E-state index in [1.54, 1.807) is 0 Å². The predicted molar refractivity (Wildman–Crippen MR) is 59.3 cm³/mol. The highest BCUT2D eigenvalue weighted by Gasteiger charge is 2.34. The Balaban J connectivity index is 0.00000128. The first-order valence-corrected chi connectivity index (χ1v) is 4.98. The summed E-state index contributed by atoms with van der Waals surface area (Å²) in [6.07, 6.45) is 1.26. The fourth-order valence-electron chi connectivity index (χ4n) is 1.65. The first-order valence-electron chi connectivity index (χ1n) is 4.98. The Morgan fingerprint density at radius 1 is 1.25 bits per heavy atom. The van der Waals surface area contributed by atoms with Gasteiger partial charge in [-0.1, -0.05) is 6.07 Å². The molecule has 0 spiro atoms. The van der Waals surface area contributed by atoms with Crippen molar-refractivity contribution in [2.75, 3.05) is 0 Å². The summed E-state index contributed by atoms with van der Waals surface area (Å²) in [7, 11) is 0. The van der Waals surface area contributed by atoms with Gasteiger partial charge in [0.1, 0.15) is 0 Å². The van der Waals surface area contributed by atoms with Crippen molar-refractivity contribution in [1.29, 1.82) is 0 Å². The summed E-state index contributed by atoms with van der Waals surface area (Å²) in [4.78, 5) is 0. The average Bonchev–Trinajstić information content (AvgIpc) is 3.03. The third kappa shape index (κ3) is 2.70. The summed E-state index contributed by atoms with van der Waals surface area (Å²) >= 11 is 0. The topological polar surface area (TPSA) is 46.2 Å². The van der Waals surface area contributed by atoms with Gasteiger partial charge in [-0.05, 0) is 36.5 Å². The van der Waals surface area contributed by atoms with Crippen LogP contribution in [0.2, 0.25) is 0 Å². The van der Waals surface area contributed by atoms with Crippen LogP contribution in [0, 0.1) is 17.6 Å². The van der Waals surface area contributed by atoms with Crippen LogP contribution in [0.5, 0.6) is 0 Å². The minimum atomic E-state index is -0.925. The Morgan fingerprint density at radius 2 is 1.88 bits per heavy atom. The van der Waals surface area contributed by atoms with Crippen LogP contribution in [0.3, 0.4) is 0 Å². The number of benzene rings is 1. The van der Waals surface area contributed by atoms with Gasteiger partial charge in [-0.25, -0.2) is 8.78 Å². The van der Waals surface area contributed by atoms with E-state index in [9.17, 15) is 13.9 Å². The minimum absolute atomic E-state index is 0. The van der Waals surface area contributed by atoms with E-state index in [1.165, 1.54) is 6.07 Å². The Morgan fingerprint density at radius 3 is 2.38 bits per heavy atom. The summed E-state index contributed by atoms with van der Waals surface area (Å²) in [5.41, 5.74) is 6.20. The molecular formula is C11H14ClF2NO. The largest absolute Gasteiger partial charge is 0.391 e. The van der Waals surface area contributed by atoms with Crippen molar-refractivity contribution in [3.63, 3.8) is 0 Å². The van der Waals surface area contributed by atoms with Crippen molar-refractivity contribution in [2.45, 2.75) is 25.0 Å². The molecule has 1 fully saturated rings. The van der Waals surface area contributed by atoms with Gasteiger partial charge in [-0.3, -0.25) is 0 Å². The summed E-state index contributed by atoms with van der Waals surface area (Å²) in [6.45, 7) is 0. The Labute approximate surface area is 98.9 Å². The average molecular weight is 250 g/mol. The zero-order valence-electron chi connectivity index (χ0n) is 8.57. The van der Waals surface area contributed by atoms with Crippen molar-refractivity contribution in [1.82, 2.24) is 0 Å². The highest BCUT2D eigenvalue weighted by atomic mass is 35.5. The second-order valence-corrected chi connectivity index (χ2v) is 4.03. The van der Waals surface area contributed by atoms with Gasteiger partial charge in [-0.15, -0.1) is 12.4 Å². The van der Waals surface area contributed by atoms with Crippen molar-refractivity contribution in [3.05, 3.63) is 35.4 Å². The van der Waals surface area contributed by atoms with Gasteiger partial charge in [0.25, 0.3) is 0 Å². The Bertz CT molecular complexity index is 371. The zero-order valence-corrected chi connectivity index (χ0v) is 9.38. The number of halogens is 3. The van der Waals surface area contributed by atoms with Crippen molar-refractivity contribution in [3.8, 4) is 0 Å². The van der Waals surface area contributed by atoms with E-state index in [1.807, 2.05) is 0 Å². The van der Waals surface area contributed by atoms with Gasteiger partial charge in [0, 0.05) is 0 Å². The number of hydrogen-bond donors (Lipinski definition) is 2. The van der Waals surface area contributed by atoms with Crippen LogP contribution < -0.4 is 5.73 Å². The number of aliphatic hydroxyl groups excluding tert-OH is 1. The summed E-state index contributed by atoms with van der Waals surface area (Å²) < 4.78 is 25.6. The molecule has 5 heteroatoms. The molecule has 16 heavy (non-hydrogen) atoms. The quantitative estimate of drug-likeness (QED) is 0.862. The first-order chi connectivity index (χ1) is 7.09. The molecule has 0 unspecified atom stereocenters. The normalized spacial score (nSPS) is 18.8. The van der Waals surface area contributed by atoms with Crippen LogP contribution >= 0.6 is 12.4 Å². The summed E-state index contributed by atoms with van der Waals surface area (Å²) in [5, 5.41) is 9.73. The van der Waals surface area contributed by atoms with E-state index in [-0.39, 0.29) is 18.3 Å². The molecule has 1 aromatic rings. The van der Waals surface area contributed by atoms with E-state index < -0.39 is 23.8 Å². The maximum absolute atomic E-state index is 12.9. The highest BCUT2D eigenvalue weighted by molar-refractivity contribution is 5.85. The molecule has 2 rings (SSSR count). The van der Waals surface area contributed by atoms with Crippen LogP contribution in [-0.4, -0.2) is 11.2 Å². The molecule has 3 N–H and O–H groups in total. The Kier molecular flexibility index (Phi) is 4.24. The van der Waals surface area contributed by atoms with Crippen LogP contribution in [0.15, 0.2) is 18.2 Å².